The molecule has 5 aliphatic heterocycles. The predicted octanol–water partition coefficient (Wildman–Crippen LogP) is 4.18. The molecule has 10 N–H and O–H groups in total. The van der Waals surface area contributed by atoms with Gasteiger partial charge in [0.15, 0.2) is 11.7 Å². The molecule has 0 bridgehead atoms. The van der Waals surface area contributed by atoms with Gasteiger partial charge in [0.25, 0.3) is 5.56 Å². The van der Waals surface area contributed by atoms with Gasteiger partial charge in [0.2, 0.25) is 41.7 Å². The molecule has 1 spiro atoms. The SMILES string of the molecule is CC[C@@]1(O)C(=O)OCc2c1cc1n(c2=O)Cc2c-1nc1cc(F)c(C)c3c1c2[C@@H](NC(=O)OCc1ccc(O[C@@H]2O[C@H](C(=O)O)[C@@H](O)[C@H](O)[C@H]2O)c(CNC(=O)CCNC(=O)[C@H](CNC(=O)CCOCCOCCOCCOCCOCCOCCOCCOCCOCCOCCOCCOC)NC(=O)C2CC4(CCN(C(=O)CCCCC(=O)N5Cc6ccccc6C#Cc6ccccc65)CC4)C2)c1)CC3. The van der Waals surface area contributed by atoms with Crippen molar-refractivity contribution in [2.45, 2.75) is 179 Å². The van der Waals surface area contributed by atoms with Gasteiger partial charge in [0, 0.05) is 111 Å². The van der Waals surface area contributed by atoms with Crippen LogP contribution in [-0.2, 0) is 154 Å². The number of carbonyl (C=O) groups is 9. The molecule has 6 aromatic rings. The zero-order valence-electron chi connectivity index (χ0n) is 80.5. The number of aliphatic hydroxyl groups is 4. The van der Waals surface area contributed by atoms with Crippen LogP contribution in [0.3, 0.4) is 0 Å². The van der Waals surface area contributed by atoms with E-state index in [0.29, 0.717) is 223 Å². The number of halogens is 1. The van der Waals surface area contributed by atoms with Crippen LogP contribution in [0.2, 0.25) is 0 Å². The first-order valence-electron chi connectivity index (χ1n) is 48.5. The molecular formula is C101H130FN9O31. The smallest absolute Gasteiger partial charge is 0.407 e. The lowest BCUT2D eigenvalue weighted by atomic mass is 9.57. The molecule has 7 heterocycles. The van der Waals surface area contributed by atoms with Crippen molar-refractivity contribution in [3.05, 3.63) is 156 Å². The van der Waals surface area contributed by atoms with Crippen LogP contribution in [0.25, 0.3) is 22.3 Å². The number of nitrogens with one attached hydrogen (secondary N) is 5. The number of fused-ring (bicyclic) bond motifs is 7. The number of esters is 1. The number of aryl methyl sites for hydroxylation is 1. The Kier molecular flexibility index (Phi) is 41.1. The summed E-state index contributed by atoms with van der Waals surface area (Å²) in [5.74, 6) is 0.319. The summed E-state index contributed by atoms with van der Waals surface area (Å²) in [6, 6.07) is 20.3. The monoisotopic (exact) mass is 1980 g/mol. The number of aliphatic carboxylic acids is 1. The second-order valence-electron chi connectivity index (χ2n) is 35.7. The highest BCUT2D eigenvalue weighted by Crippen LogP contribution is 2.53. The van der Waals surface area contributed by atoms with Crippen LogP contribution < -0.4 is 41.8 Å². The Hall–Kier alpha value is -11.1. The minimum Gasteiger partial charge on any atom is -0.479 e. The molecule has 40 nitrogen and oxygen atoms in total. The number of nitrogens with zero attached hydrogens (tertiary/aromatic N) is 4. The maximum absolute atomic E-state index is 15.8. The molecule has 7 amide bonds. The second-order valence-corrected chi connectivity index (χ2v) is 35.7. The molecule has 0 unspecified atom stereocenters. The first-order valence-corrected chi connectivity index (χ1v) is 48.5. The number of aliphatic hydroxyl groups excluding tert-OH is 3. The van der Waals surface area contributed by atoms with E-state index in [0.717, 1.165) is 22.4 Å². The molecule has 772 valence electrons. The fourth-order valence-corrected chi connectivity index (χ4v) is 18.3. The highest BCUT2D eigenvalue weighted by Gasteiger charge is 2.52. The fraction of sp³-hybridized carbons (Fsp3) is 0.574. The van der Waals surface area contributed by atoms with Crippen LogP contribution in [0.5, 0.6) is 5.75 Å². The number of carboxylic acid groups (broad SMARTS) is 1. The van der Waals surface area contributed by atoms with E-state index in [1.165, 1.54) is 34.9 Å². The van der Waals surface area contributed by atoms with Crippen molar-refractivity contribution in [1.82, 2.24) is 41.0 Å². The third kappa shape index (κ3) is 29.2. The number of hydrogen-bond donors (Lipinski definition) is 10. The lowest BCUT2D eigenvalue weighted by molar-refractivity contribution is -0.271. The molecule has 1 saturated carbocycles. The molecule has 2 aromatic heterocycles. The molecule has 142 heavy (non-hydrogen) atoms. The van der Waals surface area contributed by atoms with E-state index >= 15 is 4.39 Å². The van der Waals surface area contributed by atoms with Crippen LogP contribution in [0.15, 0.2) is 83.7 Å². The lowest BCUT2D eigenvalue weighted by Crippen LogP contribution is -2.61. The number of rotatable bonds is 58. The van der Waals surface area contributed by atoms with Gasteiger partial charge in [-0.15, -0.1) is 0 Å². The number of likely N-dealkylation sites (tertiary alicyclic amines) is 1. The number of hydrogen-bond acceptors (Lipinski definition) is 31. The predicted molar refractivity (Wildman–Crippen MR) is 504 cm³/mol. The molecule has 3 fully saturated rings. The molecule has 2 saturated heterocycles. The number of alkyl carbamates (subject to hydrolysis) is 1. The van der Waals surface area contributed by atoms with Gasteiger partial charge in [0.1, 0.15) is 49.1 Å². The van der Waals surface area contributed by atoms with Gasteiger partial charge in [-0.25, -0.2) is 23.8 Å². The van der Waals surface area contributed by atoms with Gasteiger partial charge in [-0.2, -0.15) is 0 Å². The van der Waals surface area contributed by atoms with Gasteiger partial charge in [-0.05, 0) is 134 Å². The minimum atomic E-state index is -2.13. The summed E-state index contributed by atoms with van der Waals surface area (Å²) in [4.78, 5) is 146. The number of methoxy groups -OCH3 is 1. The zero-order valence-corrected chi connectivity index (χ0v) is 80.5. The second kappa shape index (κ2) is 54.0. The van der Waals surface area contributed by atoms with Crippen molar-refractivity contribution < 1.29 is 149 Å². The number of anilines is 1. The number of pyridine rings is 2. The van der Waals surface area contributed by atoms with Crippen molar-refractivity contribution in [1.29, 1.82) is 0 Å². The van der Waals surface area contributed by atoms with E-state index in [9.17, 15) is 73.5 Å². The Labute approximate surface area is 821 Å². The van der Waals surface area contributed by atoms with Crippen LogP contribution in [0.1, 0.15) is 151 Å². The van der Waals surface area contributed by atoms with Crippen LogP contribution in [0, 0.1) is 35.9 Å². The largest absolute Gasteiger partial charge is 0.479 e. The van der Waals surface area contributed by atoms with Crippen LogP contribution in [0.4, 0.5) is 14.9 Å². The summed E-state index contributed by atoms with van der Waals surface area (Å²) in [6.07, 6.45) is -7.21. The Balaban J connectivity index is 0.559. The molecule has 0 radical (unpaired) electrons. The third-order valence-electron chi connectivity index (χ3n) is 26.2. The zero-order chi connectivity index (χ0) is 100. The first kappa shape index (κ1) is 108. The first-order chi connectivity index (χ1) is 68.9. The van der Waals surface area contributed by atoms with Gasteiger partial charge in [-0.3, -0.25) is 33.6 Å². The van der Waals surface area contributed by atoms with Crippen molar-refractivity contribution in [2.24, 2.45) is 11.3 Å². The third-order valence-corrected chi connectivity index (χ3v) is 26.2. The minimum absolute atomic E-state index is 0.0102. The number of benzene rings is 4. The van der Waals surface area contributed by atoms with Crippen molar-refractivity contribution in [2.75, 3.05) is 190 Å². The fourth-order valence-electron chi connectivity index (χ4n) is 18.3. The van der Waals surface area contributed by atoms with E-state index in [4.69, 9.17) is 80.8 Å². The van der Waals surface area contributed by atoms with Crippen molar-refractivity contribution >= 4 is 70.1 Å². The summed E-state index contributed by atoms with van der Waals surface area (Å²) in [5.41, 5.74) is 3.92. The number of cyclic esters (lactones) is 1. The summed E-state index contributed by atoms with van der Waals surface area (Å²) < 4.78 is 106. The molecule has 7 aliphatic rings. The standard InChI is InChI=1S/C101H130FN9O31/c1-4-101(126)74-54-80-88-72(61-111(80)95(121)73(74)63-139-98(101)124)87-76(21-20-71-64(2)75(102)55-77(106-88)86(71)87)108-99(125)140-62-65-17-22-81(141-97-91(118)89(116)90(117)92(142-97)96(122)123)69(53-65)58-104-82(112)23-27-103-94(120)78(59-105-83(113)24-30-128-33-34-130-37-38-132-41-42-134-45-46-136-49-50-138-52-51-137-48-47-135-44-43-133-40-39-131-36-35-129-32-31-127-3)107-93(119)70-56-100(57-70)25-28-109(29-26-100)84(114)15-9-10-16-85(115)110-60-68-13-6-5-11-66(68)18-19-67-12-7-8-14-79(67)110/h5-8,11-14,17,22,53-55,70,76,78,89-92,97,116-118,126H,4,9-10,15-16,20-21,23-52,56-63H2,1-3H3,(H,103,120)(H,104,112)(H,105,113)(H,107,119)(H,108,125)(H,122,123)/t76-,78-,89-,90-,91+,92-,97+,101-/m0/s1. The summed E-state index contributed by atoms with van der Waals surface area (Å²) in [6.45, 7) is 11.6. The maximum Gasteiger partial charge on any atom is 0.407 e. The molecule has 8 atom stereocenters. The van der Waals surface area contributed by atoms with E-state index < -0.39 is 114 Å². The highest BCUT2D eigenvalue weighted by molar-refractivity contribution is 5.96. The lowest BCUT2D eigenvalue weighted by Gasteiger charge is -2.51. The molecule has 2 aliphatic carbocycles. The highest BCUT2D eigenvalue weighted by atomic mass is 19.1. The Bertz CT molecular complexity index is 5450. The number of carboxylic acids is 1. The topological polar surface area (TPSA) is 504 Å². The number of ether oxygens (including phenoxy) is 16. The molecule has 13 rings (SSSR count). The number of amides is 7. The number of para-hydroxylation sites is 1. The molecule has 41 heteroatoms. The summed E-state index contributed by atoms with van der Waals surface area (Å²) in [5, 5.41) is 68.2. The van der Waals surface area contributed by atoms with E-state index in [1.807, 2.05) is 53.4 Å². The normalized spacial score (nSPS) is 19.3. The van der Waals surface area contributed by atoms with E-state index in [1.54, 1.807) is 25.9 Å². The average Bonchev–Trinajstić information content (AvgIpc) is 1.53. The molecular weight excluding hydrogens is 1850 g/mol. The number of piperidine rings is 1. The Morgan fingerprint density at radius 2 is 1.21 bits per heavy atom. The Morgan fingerprint density at radius 3 is 1.82 bits per heavy atom. The van der Waals surface area contributed by atoms with Crippen LogP contribution in [-0.4, -0.2) is 315 Å². The number of unbranched alkanes of at least 4 members (excludes halogenated alkanes) is 1. The summed E-state index contributed by atoms with van der Waals surface area (Å²) in [7, 11) is 1.62. The number of aromatic nitrogens is 2. The average molecular weight is 1990 g/mol. The van der Waals surface area contributed by atoms with Crippen molar-refractivity contribution in [3.63, 3.8) is 0 Å². The molecule has 4 aromatic carbocycles. The summed E-state index contributed by atoms with van der Waals surface area (Å²) >= 11 is 0. The Morgan fingerprint density at radius 1 is 0.634 bits per heavy atom. The van der Waals surface area contributed by atoms with Gasteiger partial charge in [-0.1, -0.05) is 55.2 Å². The quantitative estimate of drug-likeness (QED) is 0.0145. The maximum atomic E-state index is 15.8. The van der Waals surface area contributed by atoms with Gasteiger partial charge < -0.3 is 142 Å². The number of carbonyl (C=O) groups excluding carboxylic acids is 8. The van der Waals surface area contributed by atoms with Crippen molar-refractivity contribution in [3.8, 4) is 29.0 Å². The van der Waals surface area contributed by atoms with E-state index in [2.05, 4.69) is 38.4 Å². The van der Waals surface area contributed by atoms with E-state index in [-0.39, 0.29) is 154 Å². The van der Waals surface area contributed by atoms with Gasteiger partial charge >= 0.3 is 18.0 Å². The van der Waals surface area contributed by atoms with Gasteiger partial charge in [0.05, 0.1) is 199 Å². The van der Waals surface area contributed by atoms with Crippen LogP contribution >= 0.6 is 0 Å².